The molecule has 0 radical (unpaired) electrons. The minimum atomic E-state index is -1.18. The van der Waals surface area contributed by atoms with E-state index >= 15 is 0 Å². The zero-order valence-electron chi connectivity index (χ0n) is 17.0. The molecule has 0 saturated heterocycles. The SMILES string of the molecule is COC[C@H](C)N/C(=N/C(=O)c1ccc(F)c(F)c1)Nc1cc(-c2cc(F)cc(F)c2)[nH]n1. The van der Waals surface area contributed by atoms with Crippen LogP contribution in [-0.4, -0.2) is 41.8 Å². The summed E-state index contributed by atoms with van der Waals surface area (Å²) in [6, 6.07) is 6.82. The lowest BCUT2D eigenvalue weighted by molar-refractivity contribution is 0.100. The monoisotopic (exact) mass is 449 g/mol. The average molecular weight is 449 g/mol. The number of guanidine groups is 1. The third-order valence-corrected chi connectivity index (χ3v) is 4.18. The molecule has 1 heterocycles. The molecule has 3 rings (SSSR count). The van der Waals surface area contributed by atoms with E-state index in [0.29, 0.717) is 5.69 Å². The fraction of sp³-hybridized carbons (Fsp3) is 0.190. The van der Waals surface area contributed by atoms with Gasteiger partial charge in [0.25, 0.3) is 5.91 Å². The lowest BCUT2D eigenvalue weighted by atomic mass is 10.1. The number of amides is 1. The molecule has 0 fully saturated rings. The third kappa shape index (κ3) is 5.91. The van der Waals surface area contributed by atoms with Crippen LogP contribution >= 0.6 is 0 Å². The Morgan fingerprint density at radius 3 is 2.47 bits per heavy atom. The van der Waals surface area contributed by atoms with Crippen LogP contribution in [0.1, 0.15) is 17.3 Å². The quantitative estimate of drug-likeness (QED) is 0.302. The van der Waals surface area contributed by atoms with Gasteiger partial charge in [0, 0.05) is 36.4 Å². The van der Waals surface area contributed by atoms with Crippen molar-refractivity contribution in [3.63, 3.8) is 0 Å². The van der Waals surface area contributed by atoms with E-state index in [-0.39, 0.29) is 35.6 Å². The fourth-order valence-electron chi connectivity index (χ4n) is 2.78. The Hall–Kier alpha value is -3.73. The number of nitrogens with one attached hydrogen (secondary N) is 3. The number of halogens is 4. The fourth-order valence-corrected chi connectivity index (χ4v) is 2.78. The first-order valence-electron chi connectivity index (χ1n) is 9.37. The number of carbonyl (C=O) groups excluding carboxylic acids is 1. The Morgan fingerprint density at radius 1 is 1.09 bits per heavy atom. The molecule has 2 aromatic carbocycles. The minimum absolute atomic E-state index is 0.0484. The molecule has 0 bridgehead atoms. The summed E-state index contributed by atoms with van der Waals surface area (Å²) in [6.07, 6.45) is 0. The number of hydrogen-bond acceptors (Lipinski definition) is 3. The Bertz CT molecular complexity index is 1130. The molecule has 168 valence electrons. The van der Waals surface area contributed by atoms with Gasteiger partial charge in [-0.3, -0.25) is 9.89 Å². The van der Waals surface area contributed by atoms with Crippen LogP contribution in [0.4, 0.5) is 23.4 Å². The van der Waals surface area contributed by atoms with Crippen molar-refractivity contribution in [2.75, 3.05) is 19.0 Å². The maximum atomic E-state index is 13.5. The van der Waals surface area contributed by atoms with Gasteiger partial charge < -0.3 is 15.4 Å². The predicted molar refractivity (Wildman–Crippen MR) is 110 cm³/mol. The summed E-state index contributed by atoms with van der Waals surface area (Å²) >= 11 is 0. The molecule has 3 aromatic rings. The number of ether oxygens (including phenoxy) is 1. The number of hydrogen-bond donors (Lipinski definition) is 3. The summed E-state index contributed by atoms with van der Waals surface area (Å²) < 4.78 is 58.6. The number of carbonyl (C=O) groups is 1. The van der Waals surface area contributed by atoms with Gasteiger partial charge in [0.2, 0.25) is 5.96 Å². The lowest BCUT2D eigenvalue weighted by Gasteiger charge is -2.16. The van der Waals surface area contributed by atoms with E-state index in [2.05, 4.69) is 25.8 Å². The molecule has 1 atom stereocenters. The van der Waals surface area contributed by atoms with Crippen molar-refractivity contribution in [3.8, 4) is 11.3 Å². The standard InChI is InChI=1S/C21H19F4N5O2/c1-11(10-32-2)26-21(28-20(31)12-3-4-16(24)17(25)7-12)27-19-9-18(29-30-19)13-5-14(22)8-15(23)6-13/h3-9,11H,10H2,1-2H3,(H3,26,27,28,29,30,31)/t11-/m0/s1. The number of anilines is 1. The van der Waals surface area contributed by atoms with Gasteiger partial charge in [-0.1, -0.05) is 0 Å². The van der Waals surface area contributed by atoms with Gasteiger partial charge >= 0.3 is 0 Å². The van der Waals surface area contributed by atoms with Crippen LogP contribution in [-0.2, 0) is 4.74 Å². The van der Waals surface area contributed by atoms with E-state index < -0.39 is 29.2 Å². The summed E-state index contributed by atoms with van der Waals surface area (Å²) in [4.78, 5) is 16.3. The van der Waals surface area contributed by atoms with Crippen LogP contribution in [0.15, 0.2) is 47.5 Å². The van der Waals surface area contributed by atoms with Gasteiger partial charge in [-0.15, -0.1) is 0 Å². The number of aromatic nitrogens is 2. The number of rotatable bonds is 6. The van der Waals surface area contributed by atoms with Crippen molar-refractivity contribution in [1.82, 2.24) is 15.5 Å². The summed E-state index contributed by atoms with van der Waals surface area (Å²) in [5.41, 5.74) is 0.365. The van der Waals surface area contributed by atoms with E-state index in [1.807, 2.05) is 0 Å². The van der Waals surface area contributed by atoms with Crippen molar-refractivity contribution in [3.05, 3.63) is 71.3 Å². The van der Waals surface area contributed by atoms with E-state index in [9.17, 15) is 22.4 Å². The highest BCUT2D eigenvalue weighted by molar-refractivity contribution is 6.06. The van der Waals surface area contributed by atoms with E-state index in [1.54, 1.807) is 6.92 Å². The van der Waals surface area contributed by atoms with Gasteiger partial charge in [0.15, 0.2) is 17.5 Å². The Morgan fingerprint density at radius 2 is 1.81 bits per heavy atom. The molecule has 0 aliphatic carbocycles. The van der Waals surface area contributed by atoms with Gasteiger partial charge in [-0.25, -0.2) is 17.6 Å². The van der Waals surface area contributed by atoms with Gasteiger partial charge in [-0.2, -0.15) is 10.1 Å². The van der Waals surface area contributed by atoms with Gasteiger partial charge in [0.1, 0.15) is 11.6 Å². The highest BCUT2D eigenvalue weighted by Crippen LogP contribution is 2.22. The summed E-state index contributed by atoms with van der Waals surface area (Å²) in [6.45, 7) is 2.03. The number of aromatic amines is 1. The highest BCUT2D eigenvalue weighted by Gasteiger charge is 2.14. The third-order valence-electron chi connectivity index (χ3n) is 4.18. The van der Waals surface area contributed by atoms with Crippen molar-refractivity contribution < 1.29 is 27.1 Å². The molecule has 32 heavy (non-hydrogen) atoms. The van der Waals surface area contributed by atoms with Crippen molar-refractivity contribution >= 4 is 17.7 Å². The second kappa shape index (κ2) is 10.1. The number of aliphatic imine (C=N–C) groups is 1. The molecule has 0 saturated carbocycles. The molecule has 1 amide bonds. The van der Waals surface area contributed by atoms with Crippen LogP contribution in [0.2, 0.25) is 0 Å². The van der Waals surface area contributed by atoms with Crippen LogP contribution in [0.3, 0.4) is 0 Å². The van der Waals surface area contributed by atoms with Gasteiger partial charge in [0.05, 0.1) is 12.3 Å². The second-order valence-electron chi connectivity index (χ2n) is 6.85. The Balaban J connectivity index is 1.86. The zero-order chi connectivity index (χ0) is 23.3. The highest BCUT2D eigenvalue weighted by atomic mass is 19.2. The van der Waals surface area contributed by atoms with Crippen LogP contribution in [0, 0.1) is 23.3 Å². The molecule has 0 aliphatic heterocycles. The Kier molecular flexibility index (Phi) is 7.21. The average Bonchev–Trinajstić information content (AvgIpc) is 3.18. The van der Waals surface area contributed by atoms with E-state index in [0.717, 1.165) is 36.4 Å². The first-order valence-corrected chi connectivity index (χ1v) is 9.37. The maximum Gasteiger partial charge on any atom is 0.280 e. The Labute approximate surface area is 180 Å². The smallest absolute Gasteiger partial charge is 0.280 e. The molecular formula is C21H19F4N5O2. The predicted octanol–water partition coefficient (Wildman–Crippen LogP) is 3.87. The summed E-state index contributed by atoms with van der Waals surface area (Å²) in [5.74, 6) is -4.48. The first kappa shape index (κ1) is 22.9. The molecule has 0 aliphatic rings. The molecule has 1 aromatic heterocycles. The normalized spacial score (nSPS) is 12.5. The molecule has 0 spiro atoms. The topological polar surface area (TPSA) is 91.4 Å². The molecular weight excluding hydrogens is 430 g/mol. The second-order valence-corrected chi connectivity index (χ2v) is 6.85. The van der Waals surface area contributed by atoms with E-state index in [1.165, 1.54) is 13.2 Å². The first-order chi connectivity index (χ1) is 15.2. The molecule has 7 nitrogen and oxygen atoms in total. The molecule has 3 N–H and O–H groups in total. The number of benzene rings is 2. The van der Waals surface area contributed by atoms with Crippen LogP contribution in [0.5, 0.6) is 0 Å². The van der Waals surface area contributed by atoms with Crippen LogP contribution in [0.25, 0.3) is 11.3 Å². The maximum absolute atomic E-state index is 13.5. The number of nitrogens with zero attached hydrogens (tertiary/aromatic N) is 2. The molecule has 11 heteroatoms. The van der Waals surface area contributed by atoms with Crippen molar-refractivity contribution in [1.29, 1.82) is 0 Å². The van der Waals surface area contributed by atoms with Crippen LogP contribution < -0.4 is 10.6 Å². The van der Waals surface area contributed by atoms with E-state index in [4.69, 9.17) is 4.74 Å². The number of methoxy groups -OCH3 is 1. The number of H-pyrrole nitrogens is 1. The minimum Gasteiger partial charge on any atom is -0.383 e. The molecule has 0 unspecified atom stereocenters. The zero-order valence-corrected chi connectivity index (χ0v) is 17.0. The van der Waals surface area contributed by atoms with Crippen molar-refractivity contribution in [2.24, 2.45) is 4.99 Å². The summed E-state index contributed by atoms with van der Waals surface area (Å²) in [5, 5.41) is 12.3. The largest absolute Gasteiger partial charge is 0.383 e. The summed E-state index contributed by atoms with van der Waals surface area (Å²) in [7, 11) is 1.49. The lowest BCUT2D eigenvalue weighted by Crippen LogP contribution is -2.40. The van der Waals surface area contributed by atoms with Crippen molar-refractivity contribution in [2.45, 2.75) is 13.0 Å². The van der Waals surface area contributed by atoms with Gasteiger partial charge in [-0.05, 0) is 37.3 Å².